The van der Waals surface area contributed by atoms with Gasteiger partial charge in [0.2, 0.25) is 0 Å². The van der Waals surface area contributed by atoms with Gasteiger partial charge in [-0.15, -0.1) is 0 Å². The Balaban J connectivity index is 1.82. The minimum Gasteiger partial charge on any atom is -0.369 e. The summed E-state index contributed by atoms with van der Waals surface area (Å²) in [4.78, 5) is 34.7. The summed E-state index contributed by atoms with van der Waals surface area (Å²) in [6.07, 6.45) is 1.28. The lowest BCUT2D eigenvalue weighted by Crippen LogP contribution is -2.46. The van der Waals surface area contributed by atoms with E-state index in [1.54, 1.807) is 41.1 Å². The molecule has 7 heteroatoms. The number of aliphatic imine (C=N–C) groups is 1. The van der Waals surface area contributed by atoms with Gasteiger partial charge in [-0.1, -0.05) is 52.0 Å². The number of amides is 2. The van der Waals surface area contributed by atoms with Crippen LogP contribution in [0.25, 0.3) is 0 Å². The SMILES string of the molecule is CC(C)CC1(CC(C)C)N=C(N)N([C@H](C)c2cccc(C(=O)N(C)Cc3ccc(F)cc3)c2)C1=O. The van der Waals surface area contributed by atoms with Crippen LogP contribution in [0.2, 0.25) is 0 Å². The van der Waals surface area contributed by atoms with Crippen LogP contribution >= 0.6 is 0 Å². The number of halogens is 1. The molecule has 1 aliphatic rings. The van der Waals surface area contributed by atoms with E-state index in [9.17, 15) is 14.0 Å². The fourth-order valence-corrected chi connectivity index (χ4v) is 4.96. The van der Waals surface area contributed by atoms with Crippen LogP contribution in [-0.4, -0.2) is 40.2 Å². The normalized spacial score (nSPS) is 16.1. The number of benzene rings is 2. The zero-order chi connectivity index (χ0) is 25.9. The number of nitrogens with two attached hydrogens (primary N) is 1. The maximum atomic E-state index is 13.7. The number of nitrogens with zero attached hydrogens (tertiary/aromatic N) is 3. The van der Waals surface area contributed by atoms with Crippen molar-refractivity contribution in [3.63, 3.8) is 0 Å². The first-order chi connectivity index (χ1) is 16.4. The second kappa shape index (κ2) is 10.6. The smallest absolute Gasteiger partial charge is 0.257 e. The molecule has 0 saturated heterocycles. The van der Waals surface area contributed by atoms with Gasteiger partial charge in [0, 0.05) is 19.2 Å². The maximum absolute atomic E-state index is 13.7. The first-order valence-electron chi connectivity index (χ1n) is 12.2. The van der Waals surface area contributed by atoms with E-state index >= 15 is 0 Å². The highest BCUT2D eigenvalue weighted by Gasteiger charge is 2.49. The van der Waals surface area contributed by atoms with Gasteiger partial charge in [0.25, 0.3) is 11.8 Å². The Morgan fingerprint density at radius 3 is 2.23 bits per heavy atom. The molecule has 2 N–H and O–H groups in total. The van der Waals surface area contributed by atoms with Gasteiger partial charge >= 0.3 is 0 Å². The first-order valence-corrected chi connectivity index (χ1v) is 12.2. The molecule has 188 valence electrons. The number of hydrogen-bond donors (Lipinski definition) is 1. The van der Waals surface area contributed by atoms with Crippen LogP contribution in [-0.2, 0) is 11.3 Å². The summed E-state index contributed by atoms with van der Waals surface area (Å²) in [6, 6.07) is 13.0. The van der Waals surface area contributed by atoms with Crippen molar-refractivity contribution in [3.8, 4) is 0 Å². The predicted octanol–water partition coefficient (Wildman–Crippen LogP) is 5.15. The molecule has 3 rings (SSSR count). The number of guanidine groups is 1. The second-order valence-electron chi connectivity index (χ2n) is 10.5. The van der Waals surface area contributed by atoms with Crippen LogP contribution in [0.3, 0.4) is 0 Å². The van der Waals surface area contributed by atoms with E-state index in [2.05, 4.69) is 27.7 Å². The quantitative estimate of drug-likeness (QED) is 0.539. The van der Waals surface area contributed by atoms with Gasteiger partial charge in [-0.2, -0.15) is 0 Å². The van der Waals surface area contributed by atoms with Crippen LogP contribution in [0.1, 0.15) is 75.0 Å². The summed E-state index contributed by atoms with van der Waals surface area (Å²) in [7, 11) is 1.71. The Labute approximate surface area is 208 Å². The van der Waals surface area contributed by atoms with Crippen molar-refractivity contribution in [2.24, 2.45) is 22.6 Å². The summed E-state index contributed by atoms with van der Waals surface area (Å²) < 4.78 is 13.2. The largest absolute Gasteiger partial charge is 0.369 e. The van der Waals surface area contributed by atoms with Crippen molar-refractivity contribution in [3.05, 3.63) is 71.0 Å². The molecule has 0 aliphatic carbocycles. The zero-order valence-electron chi connectivity index (χ0n) is 21.6. The lowest BCUT2D eigenvalue weighted by molar-refractivity contribution is -0.133. The molecule has 1 heterocycles. The predicted molar refractivity (Wildman–Crippen MR) is 137 cm³/mol. The topological polar surface area (TPSA) is 79.0 Å². The Morgan fingerprint density at radius 2 is 1.66 bits per heavy atom. The highest BCUT2D eigenvalue weighted by Crippen LogP contribution is 2.38. The summed E-state index contributed by atoms with van der Waals surface area (Å²) in [5, 5.41) is 0. The summed E-state index contributed by atoms with van der Waals surface area (Å²) in [6.45, 7) is 10.6. The van der Waals surface area contributed by atoms with Crippen LogP contribution in [0.5, 0.6) is 0 Å². The molecule has 0 spiro atoms. The van der Waals surface area contributed by atoms with E-state index in [0.29, 0.717) is 36.8 Å². The Hall–Kier alpha value is -3.22. The molecule has 35 heavy (non-hydrogen) atoms. The summed E-state index contributed by atoms with van der Waals surface area (Å²) >= 11 is 0. The molecule has 0 saturated carbocycles. The molecule has 1 aliphatic heterocycles. The van der Waals surface area contributed by atoms with Crippen LogP contribution in [0.15, 0.2) is 53.5 Å². The van der Waals surface area contributed by atoms with Gasteiger partial charge in [-0.25, -0.2) is 9.38 Å². The average molecular weight is 481 g/mol. The lowest BCUT2D eigenvalue weighted by atomic mass is 9.81. The van der Waals surface area contributed by atoms with Gasteiger partial charge < -0.3 is 10.6 Å². The number of carbonyl (C=O) groups excluding carboxylic acids is 2. The van der Waals surface area contributed by atoms with E-state index in [1.807, 2.05) is 19.1 Å². The van der Waals surface area contributed by atoms with Crippen molar-refractivity contribution < 1.29 is 14.0 Å². The molecule has 2 aromatic rings. The zero-order valence-corrected chi connectivity index (χ0v) is 21.6. The molecule has 2 aromatic carbocycles. The summed E-state index contributed by atoms with van der Waals surface area (Å²) in [5.41, 5.74) is 7.64. The molecule has 6 nitrogen and oxygen atoms in total. The minimum atomic E-state index is -0.844. The van der Waals surface area contributed by atoms with Gasteiger partial charge in [-0.3, -0.25) is 14.5 Å². The lowest BCUT2D eigenvalue weighted by Gasteiger charge is -2.31. The standard InChI is InChI=1S/C28H37FN4O2/c1-18(2)15-28(16-19(3)4)26(35)33(27(30)31-28)20(5)22-8-7-9-23(14-22)25(34)32(6)17-21-10-12-24(29)13-11-21/h7-14,18-20H,15-17H2,1-6H3,(H2,30,31)/t20-/m1/s1. The average Bonchev–Trinajstić information content (AvgIpc) is 3.01. The van der Waals surface area contributed by atoms with Gasteiger partial charge in [-0.05, 0) is 67.0 Å². The Morgan fingerprint density at radius 1 is 1.06 bits per heavy atom. The van der Waals surface area contributed by atoms with E-state index in [4.69, 9.17) is 10.7 Å². The van der Waals surface area contributed by atoms with Gasteiger partial charge in [0.05, 0.1) is 6.04 Å². The number of carbonyl (C=O) groups is 2. The summed E-state index contributed by atoms with van der Waals surface area (Å²) in [5.74, 6) is 0.273. The van der Waals surface area contributed by atoms with Crippen molar-refractivity contribution in [2.45, 2.75) is 65.6 Å². The molecule has 2 amide bonds. The fraction of sp³-hybridized carbons (Fsp3) is 0.464. The maximum Gasteiger partial charge on any atom is 0.257 e. The number of rotatable bonds is 9. The van der Waals surface area contributed by atoms with E-state index in [1.165, 1.54) is 12.1 Å². The molecular formula is C28H37FN4O2. The van der Waals surface area contributed by atoms with Gasteiger partial charge in [0.1, 0.15) is 11.4 Å². The van der Waals surface area contributed by atoms with Crippen molar-refractivity contribution in [1.82, 2.24) is 9.80 Å². The highest BCUT2D eigenvalue weighted by molar-refractivity contribution is 6.07. The molecule has 0 radical (unpaired) electrons. The van der Waals surface area contributed by atoms with Crippen LogP contribution in [0, 0.1) is 17.7 Å². The van der Waals surface area contributed by atoms with Crippen molar-refractivity contribution >= 4 is 17.8 Å². The minimum absolute atomic E-state index is 0.0740. The third-order valence-electron chi connectivity index (χ3n) is 6.37. The Bertz CT molecular complexity index is 1080. The van der Waals surface area contributed by atoms with Crippen LogP contribution < -0.4 is 5.73 Å². The first kappa shape index (κ1) is 26.4. The number of hydrogen-bond acceptors (Lipinski definition) is 4. The van der Waals surface area contributed by atoms with Gasteiger partial charge in [0.15, 0.2) is 5.96 Å². The second-order valence-corrected chi connectivity index (χ2v) is 10.5. The van der Waals surface area contributed by atoms with Crippen molar-refractivity contribution in [1.29, 1.82) is 0 Å². The molecule has 0 aromatic heterocycles. The third-order valence-corrected chi connectivity index (χ3v) is 6.37. The van der Waals surface area contributed by atoms with Crippen molar-refractivity contribution in [2.75, 3.05) is 7.05 Å². The monoisotopic (exact) mass is 480 g/mol. The van der Waals surface area contributed by atoms with Crippen LogP contribution in [0.4, 0.5) is 4.39 Å². The molecular weight excluding hydrogens is 443 g/mol. The highest BCUT2D eigenvalue weighted by atomic mass is 19.1. The molecule has 0 bridgehead atoms. The van der Waals surface area contributed by atoms with E-state index in [-0.39, 0.29) is 29.6 Å². The van der Waals surface area contributed by atoms with E-state index < -0.39 is 5.54 Å². The molecule has 1 atom stereocenters. The molecule has 0 unspecified atom stereocenters. The Kier molecular flexibility index (Phi) is 7.98. The molecule has 0 fully saturated rings. The van der Waals surface area contributed by atoms with E-state index in [0.717, 1.165) is 11.1 Å². The fourth-order valence-electron chi connectivity index (χ4n) is 4.96. The third kappa shape index (κ3) is 5.89.